The fraction of sp³-hybridized carbons (Fsp3) is 0.385. The van der Waals surface area contributed by atoms with E-state index in [4.69, 9.17) is 0 Å². The molecule has 1 saturated carbocycles. The first-order valence-electron chi connectivity index (χ1n) is 12.3. The molecule has 9 nitrogen and oxygen atoms in total. The Balaban J connectivity index is 1.08. The SMILES string of the molecule is Cn1cc(-c2ccc3nc(Nc4cc(CN5CCN(C(=O)CC6CC6)CC5)ccn4)[nH]c3c2)cn1. The Morgan fingerprint density at radius 3 is 2.74 bits per heavy atom. The molecule has 2 N–H and O–H groups in total. The number of piperazine rings is 1. The lowest BCUT2D eigenvalue weighted by Crippen LogP contribution is -2.48. The fourth-order valence-corrected chi connectivity index (χ4v) is 4.69. The van der Waals surface area contributed by atoms with Gasteiger partial charge in [-0.05, 0) is 54.2 Å². The van der Waals surface area contributed by atoms with Gasteiger partial charge in [0.25, 0.3) is 0 Å². The van der Waals surface area contributed by atoms with Gasteiger partial charge in [0.1, 0.15) is 5.82 Å². The molecule has 6 rings (SSSR count). The molecule has 4 heterocycles. The van der Waals surface area contributed by atoms with Crippen LogP contribution in [0.1, 0.15) is 24.8 Å². The molecule has 0 unspecified atom stereocenters. The second-order valence-electron chi connectivity index (χ2n) is 9.70. The van der Waals surface area contributed by atoms with Gasteiger partial charge in [0, 0.05) is 64.1 Å². The lowest BCUT2D eigenvalue weighted by atomic mass is 10.1. The number of anilines is 2. The van der Waals surface area contributed by atoms with Crippen LogP contribution in [-0.2, 0) is 18.4 Å². The number of hydrogen-bond donors (Lipinski definition) is 2. The molecular weight excluding hydrogens is 440 g/mol. The molecule has 1 aliphatic heterocycles. The Bertz CT molecular complexity index is 1350. The number of aryl methyl sites for hydroxylation is 1. The molecule has 1 aromatic carbocycles. The summed E-state index contributed by atoms with van der Waals surface area (Å²) in [6.07, 6.45) is 8.88. The van der Waals surface area contributed by atoms with Gasteiger partial charge in [-0.3, -0.25) is 14.4 Å². The normalized spacial score (nSPS) is 16.7. The summed E-state index contributed by atoms with van der Waals surface area (Å²) in [6, 6.07) is 10.3. The Labute approximate surface area is 204 Å². The Morgan fingerprint density at radius 1 is 1.11 bits per heavy atom. The molecule has 0 spiro atoms. The summed E-state index contributed by atoms with van der Waals surface area (Å²) < 4.78 is 1.80. The number of H-pyrrole nitrogens is 1. The average molecular weight is 471 g/mol. The van der Waals surface area contributed by atoms with E-state index < -0.39 is 0 Å². The van der Waals surface area contributed by atoms with Crippen LogP contribution >= 0.6 is 0 Å². The van der Waals surface area contributed by atoms with Crippen LogP contribution in [0, 0.1) is 5.92 Å². The van der Waals surface area contributed by atoms with E-state index >= 15 is 0 Å². The molecule has 2 aliphatic rings. The lowest BCUT2D eigenvalue weighted by molar-refractivity contribution is -0.133. The lowest BCUT2D eigenvalue weighted by Gasteiger charge is -2.34. The van der Waals surface area contributed by atoms with Crippen LogP contribution < -0.4 is 5.32 Å². The second kappa shape index (κ2) is 9.14. The number of pyridine rings is 1. The van der Waals surface area contributed by atoms with Gasteiger partial charge in [0.15, 0.2) is 0 Å². The molecule has 0 atom stereocenters. The standard InChI is InChI=1S/C26H30N8O/c1-32-17-21(15-28-32)20-4-5-22-23(14-20)30-26(29-22)31-24-12-19(6-7-27-24)16-33-8-10-34(11-9-33)25(35)13-18-2-3-18/h4-7,12,14-15,17-18H,2-3,8-11,13,16H2,1H3,(H2,27,29,30,31). The maximum atomic E-state index is 12.4. The Morgan fingerprint density at radius 2 is 1.97 bits per heavy atom. The van der Waals surface area contributed by atoms with Crippen LogP contribution in [0.3, 0.4) is 0 Å². The number of nitrogens with one attached hydrogen (secondary N) is 2. The first kappa shape index (κ1) is 21.8. The van der Waals surface area contributed by atoms with Crippen LogP contribution in [-0.4, -0.2) is 66.6 Å². The smallest absolute Gasteiger partial charge is 0.222 e. The van der Waals surface area contributed by atoms with Crippen molar-refractivity contribution in [2.45, 2.75) is 25.8 Å². The molecule has 0 bridgehead atoms. The van der Waals surface area contributed by atoms with Gasteiger partial charge in [0.2, 0.25) is 11.9 Å². The predicted molar refractivity (Wildman–Crippen MR) is 135 cm³/mol. The summed E-state index contributed by atoms with van der Waals surface area (Å²) in [7, 11) is 1.91. The van der Waals surface area contributed by atoms with E-state index in [2.05, 4.69) is 54.5 Å². The molecule has 35 heavy (non-hydrogen) atoms. The molecule has 1 saturated heterocycles. The van der Waals surface area contributed by atoms with Crippen molar-refractivity contribution in [3.05, 3.63) is 54.5 Å². The maximum absolute atomic E-state index is 12.4. The molecule has 2 fully saturated rings. The highest BCUT2D eigenvalue weighted by Crippen LogP contribution is 2.33. The van der Waals surface area contributed by atoms with E-state index in [9.17, 15) is 4.79 Å². The number of nitrogens with zero attached hydrogens (tertiary/aromatic N) is 6. The molecule has 3 aromatic heterocycles. The summed E-state index contributed by atoms with van der Waals surface area (Å²) in [5.74, 6) is 2.40. The van der Waals surface area contributed by atoms with Crippen molar-refractivity contribution in [2.75, 3.05) is 31.5 Å². The van der Waals surface area contributed by atoms with Crippen LogP contribution in [0.2, 0.25) is 0 Å². The van der Waals surface area contributed by atoms with Gasteiger partial charge < -0.3 is 15.2 Å². The summed E-state index contributed by atoms with van der Waals surface area (Å²) in [5.41, 5.74) is 5.20. The van der Waals surface area contributed by atoms with E-state index in [-0.39, 0.29) is 0 Å². The van der Waals surface area contributed by atoms with Crippen molar-refractivity contribution in [3.8, 4) is 11.1 Å². The van der Waals surface area contributed by atoms with Gasteiger partial charge in [-0.25, -0.2) is 9.97 Å². The second-order valence-corrected chi connectivity index (χ2v) is 9.70. The third-order valence-electron chi connectivity index (χ3n) is 6.88. The number of aromatic nitrogens is 5. The number of hydrogen-bond acceptors (Lipinski definition) is 6. The van der Waals surface area contributed by atoms with Gasteiger partial charge in [0.05, 0.1) is 17.2 Å². The molecule has 4 aromatic rings. The number of imidazole rings is 1. The van der Waals surface area contributed by atoms with Crippen molar-refractivity contribution in [2.24, 2.45) is 13.0 Å². The number of fused-ring (bicyclic) bond motifs is 1. The first-order valence-corrected chi connectivity index (χ1v) is 12.3. The molecular formula is C26H30N8O. The summed E-state index contributed by atoms with van der Waals surface area (Å²) in [4.78, 5) is 29.3. The van der Waals surface area contributed by atoms with Crippen LogP contribution in [0.4, 0.5) is 11.8 Å². The average Bonchev–Trinajstić information content (AvgIpc) is 3.41. The third kappa shape index (κ3) is 5.05. The highest BCUT2D eigenvalue weighted by atomic mass is 16.2. The zero-order chi connectivity index (χ0) is 23.8. The van der Waals surface area contributed by atoms with Gasteiger partial charge >= 0.3 is 0 Å². The maximum Gasteiger partial charge on any atom is 0.222 e. The minimum atomic E-state index is 0.334. The molecule has 9 heteroatoms. The van der Waals surface area contributed by atoms with Crippen LogP contribution in [0.15, 0.2) is 48.9 Å². The number of amides is 1. The number of aromatic amines is 1. The highest BCUT2D eigenvalue weighted by molar-refractivity contribution is 5.83. The topological polar surface area (TPSA) is 95.0 Å². The number of benzene rings is 1. The number of rotatable bonds is 7. The quantitative estimate of drug-likeness (QED) is 0.429. The summed E-state index contributed by atoms with van der Waals surface area (Å²) in [6.45, 7) is 4.30. The molecule has 1 amide bonds. The van der Waals surface area contributed by atoms with Crippen molar-refractivity contribution < 1.29 is 4.79 Å². The van der Waals surface area contributed by atoms with Crippen molar-refractivity contribution in [1.82, 2.24) is 34.5 Å². The van der Waals surface area contributed by atoms with Gasteiger partial charge in [-0.15, -0.1) is 0 Å². The molecule has 0 radical (unpaired) electrons. The highest BCUT2D eigenvalue weighted by Gasteiger charge is 2.28. The van der Waals surface area contributed by atoms with Crippen molar-refractivity contribution in [1.29, 1.82) is 0 Å². The van der Waals surface area contributed by atoms with E-state index in [1.54, 1.807) is 4.68 Å². The van der Waals surface area contributed by atoms with Crippen LogP contribution in [0.25, 0.3) is 22.2 Å². The Hall–Kier alpha value is -3.72. The summed E-state index contributed by atoms with van der Waals surface area (Å²) >= 11 is 0. The van der Waals surface area contributed by atoms with E-state index in [0.717, 1.165) is 67.1 Å². The number of carbonyl (C=O) groups excluding carboxylic acids is 1. The number of carbonyl (C=O) groups is 1. The van der Waals surface area contributed by atoms with Crippen molar-refractivity contribution >= 4 is 28.7 Å². The predicted octanol–water partition coefficient (Wildman–Crippen LogP) is 3.55. The minimum absolute atomic E-state index is 0.334. The molecule has 1 aliphatic carbocycles. The Kier molecular flexibility index (Phi) is 5.69. The zero-order valence-electron chi connectivity index (χ0n) is 19.9. The van der Waals surface area contributed by atoms with Crippen molar-refractivity contribution in [3.63, 3.8) is 0 Å². The third-order valence-corrected chi connectivity index (χ3v) is 6.88. The van der Waals surface area contributed by atoms with Gasteiger partial charge in [-0.2, -0.15) is 5.10 Å². The van der Waals surface area contributed by atoms with Crippen LogP contribution in [0.5, 0.6) is 0 Å². The summed E-state index contributed by atoms with van der Waals surface area (Å²) in [5, 5.41) is 7.57. The largest absolute Gasteiger partial charge is 0.340 e. The van der Waals surface area contributed by atoms with Gasteiger partial charge in [-0.1, -0.05) is 6.07 Å². The minimum Gasteiger partial charge on any atom is -0.340 e. The van der Waals surface area contributed by atoms with E-state index in [0.29, 0.717) is 17.8 Å². The monoisotopic (exact) mass is 470 g/mol. The van der Waals surface area contributed by atoms with E-state index in [1.165, 1.54) is 18.4 Å². The zero-order valence-corrected chi connectivity index (χ0v) is 19.9. The first-order chi connectivity index (χ1) is 17.1. The fourth-order valence-electron chi connectivity index (χ4n) is 4.69. The van der Waals surface area contributed by atoms with E-state index in [1.807, 2.05) is 36.6 Å². The molecule has 180 valence electrons.